The zero-order valence-electron chi connectivity index (χ0n) is 15.6. The van der Waals surface area contributed by atoms with E-state index in [4.69, 9.17) is 9.72 Å². The molecule has 0 saturated heterocycles. The number of rotatable bonds is 7. The Morgan fingerprint density at radius 3 is 2.62 bits per heavy atom. The predicted molar refractivity (Wildman–Crippen MR) is 102 cm³/mol. The average Bonchev–Trinajstić information content (AvgIpc) is 2.98. The van der Waals surface area contributed by atoms with Crippen molar-refractivity contribution in [2.45, 2.75) is 26.7 Å². The van der Waals surface area contributed by atoms with Crippen LogP contribution in [0.4, 0.5) is 5.95 Å². The molecular formula is C18H24N6O2. The Morgan fingerprint density at radius 2 is 1.96 bits per heavy atom. The minimum Gasteiger partial charge on any atom is -0.495 e. The van der Waals surface area contributed by atoms with Crippen molar-refractivity contribution in [2.75, 3.05) is 25.1 Å². The molecule has 138 valence electrons. The van der Waals surface area contributed by atoms with Gasteiger partial charge in [0.15, 0.2) is 5.52 Å². The third kappa shape index (κ3) is 3.26. The summed E-state index contributed by atoms with van der Waals surface area (Å²) in [5.41, 5.74) is 2.20. The number of nitrogens with zero attached hydrogens (tertiary/aromatic N) is 5. The molecule has 0 aliphatic carbocycles. The smallest absolute Gasteiger partial charge is 0.278 e. The van der Waals surface area contributed by atoms with Crippen molar-refractivity contribution in [3.63, 3.8) is 0 Å². The lowest BCUT2D eigenvalue weighted by Gasteiger charge is -2.21. The lowest BCUT2D eigenvalue weighted by atomic mass is 10.2. The van der Waals surface area contributed by atoms with Gasteiger partial charge < -0.3 is 9.64 Å². The first-order valence-electron chi connectivity index (χ1n) is 8.80. The van der Waals surface area contributed by atoms with Crippen LogP contribution in [0.15, 0.2) is 23.3 Å². The number of H-pyrrole nitrogens is 1. The number of aryl methyl sites for hydroxylation is 1. The first-order valence-corrected chi connectivity index (χ1v) is 8.80. The van der Waals surface area contributed by atoms with E-state index in [2.05, 4.69) is 33.8 Å². The Morgan fingerprint density at radius 1 is 1.23 bits per heavy atom. The first-order chi connectivity index (χ1) is 12.6. The van der Waals surface area contributed by atoms with Gasteiger partial charge in [0.1, 0.15) is 17.0 Å². The molecule has 0 radical (unpaired) electrons. The van der Waals surface area contributed by atoms with Crippen LogP contribution in [0.25, 0.3) is 22.3 Å². The molecule has 0 aliphatic heterocycles. The Kier molecular flexibility index (Phi) is 5.20. The number of pyridine rings is 1. The van der Waals surface area contributed by atoms with Crippen molar-refractivity contribution in [1.82, 2.24) is 24.7 Å². The van der Waals surface area contributed by atoms with Crippen LogP contribution in [0.5, 0.6) is 5.75 Å². The molecule has 3 aromatic rings. The number of aromatic amines is 1. The third-order valence-corrected chi connectivity index (χ3v) is 4.19. The number of fused-ring (bicyclic) bond motifs is 1. The fraction of sp³-hybridized carbons (Fsp3) is 0.444. The number of methoxy groups -OCH3 is 1. The van der Waals surface area contributed by atoms with Crippen LogP contribution in [-0.4, -0.2) is 44.9 Å². The van der Waals surface area contributed by atoms with E-state index in [1.807, 2.05) is 6.07 Å². The monoisotopic (exact) mass is 356 g/mol. The lowest BCUT2D eigenvalue weighted by Crippen LogP contribution is -2.29. The zero-order valence-corrected chi connectivity index (χ0v) is 15.6. The van der Waals surface area contributed by atoms with E-state index in [0.717, 1.165) is 31.5 Å². The fourth-order valence-corrected chi connectivity index (χ4v) is 3.04. The van der Waals surface area contributed by atoms with Gasteiger partial charge >= 0.3 is 0 Å². The van der Waals surface area contributed by atoms with E-state index >= 15 is 0 Å². The molecule has 3 heterocycles. The highest BCUT2D eigenvalue weighted by Crippen LogP contribution is 2.27. The number of hydrogen-bond acceptors (Lipinski definition) is 6. The summed E-state index contributed by atoms with van der Waals surface area (Å²) in [5.74, 6) is 1.21. The molecule has 0 spiro atoms. The van der Waals surface area contributed by atoms with Gasteiger partial charge in [-0.05, 0) is 18.9 Å². The second-order valence-electron chi connectivity index (χ2n) is 6.16. The highest BCUT2D eigenvalue weighted by molar-refractivity contribution is 5.90. The molecule has 3 aromatic heterocycles. The Labute approximate surface area is 151 Å². The third-order valence-electron chi connectivity index (χ3n) is 4.19. The van der Waals surface area contributed by atoms with E-state index in [9.17, 15) is 4.79 Å². The van der Waals surface area contributed by atoms with Crippen molar-refractivity contribution in [3.8, 4) is 17.0 Å². The van der Waals surface area contributed by atoms with Crippen molar-refractivity contribution in [2.24, 2.45) is 7.05 Å². The van der Waals surface area contributed by atoms with Crippen LogP contribution in [0.1, 0.15) is 26.7 Å². The molecule has 0 fully saturated rings. The molecule has 26 heavy (non-hydrogen) atoms. The largest absolute Gasteiger partial charge is 0.495 e. The molecule has 0 saturated carbocycles. The van der Waals surface area contributed by atoms with Crippen molar-refractivity contribution < 1.29 is 4.74 Å². The van der Waals surface area contributed by atoms with Crippen molar-refractivity contribution >= 4 is 17.0 Å². The molecule has 0 aliphatic rings. The summed E-state index contributed by atoms with van der Waals surface area (Å²) in [6.07, 6.45) is 5.27. The van der Waals surface area contributed by atoms with Gasteiger partial charge in [-0.25, -0.2) is 4.98 Å². The topological polar surface area (TPSA) is 88.9 Å². The van der Waals surface area contributed by atoms with Gasteiger partial charge in [0.2, 0.25) is 5.95 Å². The van der Waals surface area contributed by atoms with Crippen molar-refractivity contribution in [1.29, 1.82) is 0 Å². The highest BCUT2D eigenvalue weighted by atomic mass is 16.5. The van der Waals surface area contributed by atoms with E-state index in [-0.39, 0.29) is 5.56 Å². The summed E-state index contributed by atoms with van der Waals surface area (Å²) in [4.78, 5) is 26.6. The molecule has 0 amide bonds. The SMILES string of the molecule is CCCN(CCC)c1nc2c(-c3cncc(OC)c3)nn(C)c2c(=O)[nH]1. The fourth-order valence-electron chi connectivity index (χ4n) is 3.04. The molecule has 0 aromatic carbocycles. The van der Waals surface area contributed by atoms with Crippen LogP contribution in [0.3, 0.4) is 0 Å². The number of ether oxygens (including phenoxy) is 1. The van der Waals surface area contributed by atoms with Gasteiger partial charge in [-0.15, -0.1) is 0 Å². The molecule has 0 atom stereocenters. The average molecular weight is 356 g/mol. The summed E-state index contributed by atoms with van der Waals surface area (Å²) in [6.45, 7) is 5.88. The Bertz CT molecular complexity index is 956. The van der Waals surface area contributed by atoms with Gasteiger partial charge in [-0.1, -0.05) is 13.8 Å². The maximum atomic E-state index is 12.7. The minimum atomic E-state index is -0.195. The van der Waals surface area contributed by atoms with Gasteiger partial charge in [0.05, 0.1) is 13.3 Å². The standard InChI is InChI=1S/C18H24N6O2/c1-5-7-24(8-6-2)18-20-15-14(12-9-13(26-4)11-19-10-12)22-23(3)16(15)17(25)21-18/h9-11H,5-8H2,1-4H3,(H,20,21,25). The maximum Gasteiger partial charge on any atom is 0.278 e. The normalized spacial score (nSPS) is 11.1. The van der Waals surface area contributed by atoms with Crippen molar-refractivity contribution in [3.05, 3.63) is 28.8 Å². The molecule has 0 unspecified atom stereocenters. The number of anilines is 1. The van der Waals surface area contributed by atoms with Gasteiger partial charge in [-0.3, -0.25) is 19.4 Å². The molecular weight excluding hydrogens is 332 g/mol. The number of hydrogen-bond donors (Lipinski definition) is 1. The molecule has 8 nitrogen and oxygen atoms in total. The number of nitrogens with one attached hydrogen (secondary N) is 1. The van der Waals surface area contributed by atoms with Crippen LogP contribution in [-0.2, 0) is 7.05 Å². The van der Waals surface area contributed by atoms with Crippen LogP contribution >= 0.6 is 0 Å². The molecule has 1 N–H and O–H groups in total. The maximum absolute atomic E-state index is 12.7. The summed E-state index contributed by atoms with van der Waals surface area (Å²) in [6, 6.07) is 1.84. The quantitative estimate of drug-likeness (QED) is 0.699. The van der Waals surface area contributed by atoms with Crippen LogP contribution < -0.4 is 15.2 Å². The summed E-state index contributed by atoms with van der Waals surface area (Å²) in [7, 11) is 3.33. The molecule has 0 bridgehead atoms. The van der Waals surface area contributed by atoms with E-state index in [0.29, 0.717) is 28.4 Å². The van der Waals surface area contributed by atoms with E-state index in [1.54, 1.807) is 31.2 Å². The predicted octanol–water partition coefficient (Wildman–Crippen LogP) is 2.35. The Balaban J connectivity index is 2.20. The lowest BCUT2D eigenvalue weighted by molar-refractivity contribution is 0.413. The van der Waals surface area contributed by atoms with Gasteiger partial charge in [-0.2, -0.15) is 5.10 Å². The first kappa shape index (κ1) is 17.9. The summed E-state index contributed by atoms with van der Waals surface area (Å²) >= 11 is 0. The van der Waals surface area contributed by atoms with Crippen LogP contribution in [0, 0.1) is 0 Å². The second-order valence-corrected chi connectivity index (χ2v) is 6.16. The summed E-state index contributed by atoms with van der Waals surface area (Å²) in [5, 5.41) is 4.51. The second kappa shape index (κ2) is 7.55. The van der Waals surface area contributed by atoms with Gasteiger partial charge in [0, 0.05) is 31.9 Å². The molecule has 3 rings (SSSR count). The van der Waals surface area contributed by atoms with E-state index < -0.39 is 0 Å². The highest BCUT2D eigenvalue weighted by Gasteiger charge is 2.19. The van der Waals surface area contributed by atoms with E-state index in [1.165, 1.54) is 0 Å². The number of aromatic nitrogens is 5. The van der Waals surface area contributed by atoms with Gasteiger partial charge in [0.25, 0.3) is 5.56 Å². The summed E-state index contributed by atoms with van der Waals surface area (Å²) < 4.78 is 6.81. The van der Waals surface area contributed by atoms with Crippen LogP contribution in [0.2, 0.25) is 0 Å². The minimum absolute atomic E-state index is 0.195. The zero-order chi connectivity index (χ0) is 18.7. The Hall–Kier alpha value is -2.90. The molecule has 8 heteroatoms.